The van der Waals surface area contributed by atoms with Crippen molar-refractivity contribution in [3.8, 4) is 0 Å². The summed E-state index contributed by atoms with van der Waals surface area (Å²) in [6.45, 7) is 1.53. The molecule has 0 fully saturated rings. The summed E-state index contributed by atoms with van der Waals surface area (Å²) in [5.74, 6) is -2.97. The summed E-state index contributed by atoms with van der Waals surface area (Å²) in [6.07, 6.45) is 0. The van der Waals surface area contributed by atoms with Crippen molar-refractivity contribution in [1.82, 2.24) is 0 Å². The van der Waals surface area contributed by atoms with Gasteiger partial charge in [-0.15, -0.1) is 0 Å². The Morgan fingerprint density at radius 1 is 1.73 bits per heavy atom. The number of primary amides is 1. The largest absolute Gasteiger partial charge is 0.367 e. The molecular formula is C4H10NO5P. The molecule has 0 bridgehead atoms. The molecule has 4 N–H and O–H groups in total. The van der Waals surface area contributed by atoms with Gasteiger partial charge in [0, 0.05) is 6.61 Å². The number of hydrogen-bond acceptors (Lipinski definition) is 3. The molecule has 1 amide bonds. The number of carbonyl (C=O) groups is 1. The van der Waals surface area contributed by atoms with Crippen LogP contribution in [0.1, 0.15) is 6.92 Å². The van der Waals surface area contributed by atoms with E-state index < -0.39 is 19.3 Å². The lowest BCUT2D eigenvalue weighted by Gasteiger charge is -2.13. The fourth-order valence-corrected chi connectivity index (χ4v) is 1.18. The summed E-state index contributed by atoms with van der Waals surface area (Å²) in [6, 6.07) is 0. The molecule has 7 heteroatoms. The maximum atomic E-state index is 10.4. The van der Waals surface area contributed by atoms with Crippen LogP contribution in [0, 0.1) is 0 Å². The molecule has 11 heavy (non-hydrogen) atoms. The van der Waals surface area contributed by atoms with E-state index in [9.17, 15) is 9.36 Å². The van der Waals surface area contributed by atoms with E-state index in [2.05, 4.69) is 10.5 Å². The molecule has 1 atom stereocenters. The van der Waals surface area contributed by atoms with Gasteiger partial charge < -0.3 is 20.3 Å². The van der Waals surface area contributed by atoms with E-state index in [0.29, 0.717) is 0 Å². The first-order chi connectivity index (χ1) is 4.89. The first-order valence-electron chi connectivity index (χ1n) is 2.85. The molecule has 0 aliphatic carbocycles. The normalized spacial score (nSPS) is 14.5. The van der Waals surface area contributed by atoms with Crippen LogP contribution in [0.2, 0.25) is 0 Å². The van der Waals surface area contributed by atoms with Crippen LogP contribution >= 0.6 is 7.60 Å². The van der Waals surface area contributed by atoms with Crippen LogP contribution in [0.15, 0.2) is 0 Å². The SMILES string of the molecule is CCOC(C(N)=O)P(=O)(O)O. The van der Waals surface area contributed by atoms with E-state index in [0.717, 1.165) is 0 Å². The molecule has 0 aromatic rings. The highest BCUT2D eigenvalue weighted by molar-refractivity contribution is 7.53. The van der Waals surface area contributed by atoms with Gasteiger partial charge in [0.2, 0.25) is 5.85 Å². The van der Waals surface area contributed by atoms with Gasteiger partial charge in [-0.2, -0.15) is 0 Å². The van der Waals surface area contributed by atoms with Crippen molar-refractivity contribution in [1.29, 1.82) is 0 Å². The fourth-order valence-electron chi connectivity index (χ4n) is 0.503. The van der Waals surface area contributed by atoms with E-state index in [1.807, 2.05) is 0 Å². The van der Waals surface area contributed by atoms with Crippen molar-refractivity contribution in [2.75, 3.05) is 6.61 Å². The number of ether oxygens (including phenoxy) is 1. The highest BCUT2D eigenvalue weighted by Gasteiger charge is 2.34. The van der Waals surface area contributed by atoms with Crippen LogP contribution in [0.4, 0.5) is 0 Å². The Morgan fingerprint density at radius 2 is 2.18 bits per heavy atom. The molecule has 0 heterocycles. The van der Waals surface area contributed by atoms with Gasteiger partial charge in [-0.05, 0) is 6.92 Å². The van der Waals surface area contributed by atoms with Crippen LogP contribution in [0.5, 0.6) is 0 Å². The Bertz CT molecular complexity index is 187. The van der Waals surface area contributed by atoms with Gasteiger partial charge >= 0.3 is 7.60 Å². The summed E-state index contributed by atoms with van der Waals surface area (Å²) in [5, 5.41) is 0. The van der Waals surface area contributed by atoms with Gasteiger partial charge in [-0.3, -0.25) is 9.36 Å². The Hall–Kier alpha value is -0.420. The summed E-state index contributed by atoms with van der Waals surface area (Å²) >= 11 is 0. The molecule has 0 aliphatic heterocycles. The second-order valence-electron chi connectivity index (χ2n) is 1.80. The Morgan fingerprint density at radius 3 is 2.27 bits per heavy atom. The molecule has 0 radical (unpaired) electrons. The number of rotatable bonds is 4. The molecule has 0 rings (SSSR count). The minimum Gasteiger partial charge on any atom is -0.367 e. The molecule has 0 spiro atoms. The minimum absolute atomic E-state index is 0.0265. The van der Waals surface area contributed by atoms with Gasteiger partial charge in [-0.25, -0.2) is 0 Å². The van der Waals surface area contributed by atoms with Crippen molar-refractivity contribution in [2.24, 2.45) is 5.73 Å². The van der Waals surface area contributed by atoms with Crippen molar-refractivity contribution in [3.63, 3.8) is 0 Å². The lowest BCUT2D eigenvalue weighted by molar-refractivity contribution is -0.125. The van der Waals surface area contributed by atoms with E-state index in [1.54, 1.807) is 0 Å². The predicted molar refractivity (Wildman–Crippen MR) is 36.7 cm³/mol. The Labute approximate surface area is 63.5 Å². The van der Waals surface area contributed by atoms with Gasteiger partial charge in [0.25, 0.3) is 5.91 Å². The first kappa shape index (κ1) is 10.6. The zero-order valence-electron chi connectivity index (χ0n) is 5.93. The molecule has 6 nitrogen and oxygen atoms in total. The number of amides is 1. The highest BCUT2D eigenvalue weighted by atomic mass is 31.2. The van der Waals surface area contributed by atoms with E-state index in [1.165, 1.54) is 6.92 Å². The molecule has 66 valence electrons. The zero-order chi connectivity index (χ0) is 9.07. The molecular weight excluding hydrogens is 173 g/mol. The molecule has 0 aromatic heterocycles. The molecule has 0 saturated heterocycles. The Balaban J connectivity index is 4.35. The summed E-state index contributed by atoms with van der Waals surface area (Å²) in [7, 11) is -4.55. The third-order valence-corrected chi connectivity index (χ3v) is 1.89. The topological polar surface area (TPSA) is 110 Å². The lowest BCUT2D eigenvalue weighted by Crippen LogP contribution is -2.31. The fraction of sp³-hybridized carbons (Fsp3) is 0.750. The standard InChI is InChI=1S/C4H10NO5P/c1-2-10-4(3(5)6)11(7,8)9/h4H,2H2,1H3,(H2,5,6)(H2,7,8,9). The van der Waals surface area contributed by atoms with Crippen LogP contribution in [0.3, 0.4) is 0 Å². The molecule has 0 aromatic carbocycles. The van der Waals surface area contributed by atoms with Crippen molar-refractivity contribution in [2.45, 2.75) is 12.8 Å². The third-order valence-electron chi connectivity index (χ3n) is 0.873. The lowest BCUT2D eigenvalue weighted by atomic mass is 10.7. The van der Waals surface area contributed by atoms with Crippen molar-refractivity contribution in [3.05, 3.63) is 0 Å². The van der Waals surface area contributed by atoms with Crippen LogP contribution in [-0.4, -0.2) is 28.1 Å². The number of hydrogen-bond donors (Lipinski definition) is 3. The molecule has 1 unspecified atom stereocenters. The molecule has 0 aliphatic rings. The summed E-state index contributed by atoms with van der Waals surface area (Å²) < 4.78 is 14.9. The van der Waals surface area contributed by atoms with Gasteiger partial charge in [-0.1, -0.05) is 0 Å². The second kappa shape index (κ2) is 3.82. The first-order valence-corrected chi connectivity index (χ1v) is 4.54. The molecule has 0 saturated carbocycles. The van der Waals surface area contributed by atoms with Gasteiger partial charge in [0.05, 0.1) is 0 Å². The monoisotopic (exact) mass is 183 g/mol. The predicted octanol–water partition coefficient (Wildman–Crippen LogP) is -0.988. The van der Waals surface area contributed by atoms with Crippen LogP contribution in [0.25, 0.3) is 0 Å². The second-order valence-corrected chi connectivity index (χ2v) is 3.45. The van der Waals surface area contributed by atoms with E-state index in [4.69, 9.17) is 9.79 Å². The Kier molecular flexibility index (Phi) is 3.68. The third kappa shape index (κ3) is 3.48. The van der Waals surface area contributed by atoms with E-state index in [-0.39, 0.29) is 6.61 Å². The highest BCUT2D eigenvalue weighted by Crippen LogP contribution is 2.41. The summed E-state index contributed by atoms with van der Waals surface area (Å²) in [5.41, 5.74) is 4.65. The average Bonchev–Trinajstić information content (AvgIpc) is 1.79. The van der Waals surface area contributed by atoms with Gasteiger partial charge in [0.1, 0.15) is 0 Å². The quantitative estimate of drug-likeness (QED) is 0.485. The number of carbonyl (C=O) groups excluding carboxylic acids is 1. The van der Waals surface area contributed by atoms with Crippen molar-refractivity contribution >= 4 is 13.5 Å². The average molecular weight is 183 g/mol. The minimum atomic E-state index is -4.55. The smallest absolute Gasteiger partial charge is 0.363 e. The number of nitrogens with two attached hydrogens (primary N) is 1. The van der Waals surface area contributed by atoms with Crippen LogP contribution < -0.4 is 5.73 Å². The van der Waals surface area contributed by atoms with E-state index >= 15 is 0 Å². The van der Waals surface area contributed by atoms with Crippen molar-refractivity contribution < 1.29 is 23.9 Å². The maximum absolute atomic E-state index is 10.4. The summed E-state index contributed by atoms with van der Waals surface area (Å²) in [4.78, 5) is 27.3. The zero-order valence-corrected chi connectivity index (χ0v) is 6.82. The van der Waals surface area contributed by atoms with Crippen LogP contribution in [-0.2, 0) is 14.1 Å². The maximum Gasteiger partial charge on any atom is 0.363 e. The van der Waals surface area contributed by atoms with Gasteiger partial charge in [0.15, 0.2) is 0 Å².